The van der Waals surface area contributed by atoms with E-state index in [0.717, 1.165) is 27.7 Å². The summed E-state index contributed by atoms with van der Waals surface area (Å²) in [5.74, 6) is 0.694. The van der Waals surface area contributed by atoms with Gasteiger partial charge >= 0.3 is 0 Å². The number of aromatic nitrogens is 1. The van der Waals surface area contributed by atoms with Gasteiger partial charge in [-0.25, -0.2) is 0 Å². The van der Waals surface area contributed by atoms with Gasteiger partial charge in [0.2, 0.25) is 0 Å². The fourth-order valence-corrected chi connectivity index (χ4v) is 4.28. The van der Waals surface area contributed by atoms with Crippen LogP contribution in [-0.2, 0) is 11.3 Å². The number of carbonyl (C=O) groups excluding carboxylic acids is 1. The Morgan fingerprint density at radius 3 is 2.58 bits per heavy atom. The Balaban J connectivity index is 1.48. The van der Waals surface area contributed by atoms with E-state index in [1.165, 1.54) is 0 Å². The highest BCUT2D eigenvalue weighted by molar-refractivity contribution is 6.36. The van der Waals surface area contributed by atoms with Crippen molar-refractivity contribution in [1.29, 1.82) is 0 Å². The standard InChI is InChI=1S/C26H21ClN2O2/c1-28-23-11-5-3-9-20(23)21(26(28)30)16-18-17-29(24-12-6-2-8-19(18)24)14-15-31-25-13-7-4-10-22(25)27/h2-13,16-17H,14-15H2,1H3. The minimum absolute atomic E-state index is 0.0140. The van der Waals surface area contributed by atoms with Crippen LogP contribution < -0.4 is 9.64 Å². The zero-order valence-corrected chi connectivity index (χ0v) is 17.8. The van der Waals surface area contributed by atoms with Gasteiger partial charge in [-0.1, -0.05) is 60.1 Å². The van der Waals surface area contributed by atoms with Crippen molar-refractivity contribution in [2.75, 3.05) is 18.6 Å². The van der Waals surface area contributed by atoms with Crippen molar-refractivity contribution < 1.29 is 9.53 Å². The zero-order chi connectivity index (χ0) is 21.4. The number of hydrogen-bond donors (Lipinski definition) is 0. The van der Waals surface area contributed by atoms with Gasteiger partial charge in [0.25, 0.3) is 5.91 Å². The molecule has 0 spiro atoms. The Hall–Kier alpha value is -3.50. The normalized spacial score (nSPS) is 14.5. The van der Waals surface area contributed by atoms with Crippen molar-refractivity contribution in [3.05, 3.63) is 95.1 Å². The highest BCUT2D eigenvalue weighted by Crippen LogP contribution is 2.37. The highest BCUT2D eigenvalue weighted by atomic mass is 35.5. The van der Waals surface area contributed by atoms with E-state index in [4.69, 9.17) is 16.3 Å². The average Bonchev–Trinajstić information content (AvgIpc) is 3.26. The molecule has 1 amide bonds. The third-order valence-corrected chi connectivity index (χ3v) is 5.95. The van der Waals surface area contributed by atoms with Crippen LogP contribution in [0, 0.1) is 0 Å². The van der Waals surface area contributed by atoms with Crippen LogP contribution in [0.15, 0.2) is 79.0 Å². The minimum Gasteiger partial charge on any atom is -0.490 e. The second kappa shape index (κ2) is 7.97. The lowest BCUT2D eigenvalue weighted by atomic mass is 10.0. The molecule has 2 heterocycles. The van der Waals surface area contributed by atoms with E-state index in [-0.39, 0.29) is 5.91 Å². The largest absolute Gasteiger partial charge is 0.490 e. The summed E-state index contributed by atoms with van der Waals surface area (Å²) >= 11 is 6.19. The predicted molar refractivity (Wildman–Crippen MR) is 127 cm³/mol. The summed E-state index contributed by atoms with van der Waals surface area (Å²) in [5, 5.41) is 1.71. The van der Waals surface area contributed by atoms with Crippen LogP contribution in [0.4, 0.5) is 5.69 Å². The van der Waals surface area contributed by atoms with Crippen LogP contribution in [0.2, 0.25) is 5.02 Å². The van der Waals surface area contributed by atoms with Gasteiger partial charge in [0, 0.05) is 40.8 Å². The number of likely N-dealkylation sites (N-methyl/N-ethyl adjacent to an activating group) is 1. The third kappa shape index (κ3) is 3.49. The maximum absolute atomic E-state index is 12.9. The van der Waals surface area contributed by atoms with Gasteiger partial charge in [-0.15, -0.1) is 0 Å². The maximum atomic E-state index is 12.9. The van der Waals surface area contributed by atoms with Crippen molar-refractivity contribution in [1.82, 2.24) is 4.57 Å². The van der Waals surface area contributed by atoms with Gasteiger partial charge in [0.05, 0.1) is 17.3 Å². The van der Waals surface area contributed by atoms with Crippen LogP contribution in [-0.4, -0.2) is 24.1 Å². The van der Waals surface area contributed by atoms with Crippen LogP contribution in [0.5, 0.6) is 5.75 Å². The first-order chi connectivity index (χ1) is 15.1. The third-order valence-electron chi connectivity index (χ3n) is 5.64. The number of fused-ring (bicyclic) bond motifs is 2. The summed E-state index contributed by atoms with van der Waals surface area (Å²) < 4.78 is 8.04. The van der Waals surface area contributed by atoms with Crippen LogP contribution in [0.1, 0.15) is 11.1 Å². The molecule has 5 heteroatoms. The molecule has 3 aromatic carbocycles. The molecule has 0 bridgehead atoms. The summed E-state index contributed by atoms with van der Waals surface area (Å²) in [4.78, 5) is 14.6. The van der Waals surface area contributed by atoms with Crippen molar-refractivity contribution in [3.8, 4) is 5.75 Å². The average molecular weight is 429 g/mol. The highest BCUT2D eigenvalue weighted by Gasteiger charge is 2.29. The molecular formula is C26H21ClN2O2. The summed E-state index contributed by atoms with van der Waals surface area (Å²) in [6.45, 7) is 1.16. The van der Waals surface area contributed by atoms with Crippen molar-refractivity contribution in [2.45, 2.75) is 6.54 Å². The Bertz CT molecular complexity index is 1320. The number of anilines is 1. The monoisotopic (exact) mass is 428 g/mol. The molecule has 4 aromatic rings. The summed E-state index contributed by atoms with van der Waals surface area (Å²) in [6, 6.07) is 23.6. The number of amides is 1. The number of nitrogens with zero attached hydrogens (tertiary/aromatic N) is 2. The van der Waals surface area contributed by atoms with Crippen LogP contribution in [0.25, 0.3) is 22.6 Å². The lowest BCUT2D eigenvalue weighted by Gasteiger charge is -2.09. The van der Waals surface area contributed by atoms with Gasteiger partial charge in [-0.3, -0.25) is 4.79 Å². The van der Waals surface area contributed by atoms with E-state index in [1.807, 2.05) is 73.8 Å². The molecular weight excluding hydrogens is 408 g/mol. The molecule has 0 unspecified atom stereocenters. The molecule has 31 heavy (non-hydrogen) atoms. The van der Waals surface area contributed by atoms with Gasteiger partial charge < -0.3 is 14.2 Å². The number of rotatable bonds is 5. The van der Waals surface area contributed by atoms with Gasteiger partial charge in [-0.2, -0.15) is 0 Å². The first-order valence-corrected chi connectivity index (χ1v) is 10.6. The second-order valence-corrected chi connectivity index (χ2v) is 7.92. The Morgan fingerprint density at radius 1 is 0.968 bits per heavy atom. The summed E-state index contributed by atoms with van der Waals surface area (Å²) in [7, 11) is 1.82. The fourth-order valence-electron chi connectivity index (χ4n) is 4.09. The lowest BCUT2D eigenvalue weighted by molar-refractivity contribution is -0.112. The molecule has 1 aromatic heterocycles. The topological polar surface area (TPSA) is 34.5 Å². The van der Waals surface area contributed by atoms with Crippen molar-refractivity contribution in [2.24, 2.45) is 0 Å². The number of ether oxygens (including phenoxy) is 1. The lowest BCUT2D eigenvalue weighted by Crippen LogP contribution is -2.20. The number of halogens is 1. The van der Waals surface area contributed by atoms with Gasteiger partial charge in [-0.05, 0) is 30.3 Å². The molecule has 0 saturated heterocycles. The minimum atomic E-state index is 0.0140. The van der Waals surface area contributed by atoms with E-state index in [2.05, 4.69) is 22.9 Å². The van der Waals surface area contributed by atoms with Crippen LogP contribution in [0.3, 0.4) is 0 Å². The van der Waals surface area contributed by atoms with E-state index in [0.29, 0.717) is 29.5 Å². The van der Waals surface area contributed by atoms with Crippen molar-refractivity contribution >= 4 is 45.7 Å². The van der Waals surface area contributed by atoms with E-state index in [9.17, 15) is 4.79 Å². The molecule has 0 N–H and O–H groups in total. The molecule has 4 nitrogen and oxygen atoms in total. The first-order valence-electron chi connectivity index (χ1n) is 10.2. The smallest absolute Gasteiger partial charge is 0.258 e. The van der Waals surface area contributed by atoms with E-state index in [1.54, 1.807) is 4.90 Å². The Morgan fingerprint density at radius 2 is 1.71 bits per heavy atom. The molecule has 154 valence electrons. The predicted octanol–water partition coefficient (Wildman–Crippen LogP) is 5.89. The van der Waals surface area contributed by atoms with Crippen molar-refractivity contribution in [3.63, 3.8) is 0 Å². The molecule has 0 radical (unpaired) electrons. The molecule has 0 fully saturated rings. The number of carbonyl (C=O) groups is 1. The Labute approximate surface area is 185 Å². The molecule has 0 aliphatic carbocycles. The summed E-state index contributed by atoms with van der Waals surface area (Å²) in [6.07, 6.45) is 4.08. The maximum Gasteiger partial charge on any atom is 0.258 e. The fraction of sp³-hybridized carbons (Fsp3) is 0.115. The Kier molecular flexibility index (Phi) is 5.00. The molecule has 5 rings (SSSR count). The van der Waals surface area contributed by atoms with Gasteiger partial charge in [0.1, 0.15) is 12.4 Å². The zero-order valence-electron chi connectivity index (χ0n) is 17.1. The SMILES string of the molecule is CN1C(=O)C(=Cc2cn(CCOc3ccccc3Cl)c3ccccc23)c2ccccc21. The van der Waals surface area contributed by atoms with E-state index >= 15 is 0 Å². The van der Waals surface area contributed by atoms with Crippen LogP contribution >= 0.6 is 11.6 Å². The quantitative estimate of drug-likeness (QED) is 0.371. The number of benzene rings is 3. The number of hydrogen-bond acceptors (Lipinski definition) is 2. The second-order valence-electron chi connectivity index (χ2n) is 7.51. The number of para-hydroxylation sites is 3. The van der Waals surface area contributed by atoms with Gasteiger partial charge in [0.15, 0.2) is 0 Å². The molecule has 0 atom stereocenters. The molecule has 1 aliphatic heterocycles. The molecule has 1 aliphatic rings. The van der Waals surface area contributed by atoms with E-state index < -0.39 is 0 Å². The summed E-state index contributed by atoms with van der Waals surface area (Å²) in [5.41, 5.74) is 4.74. The first kappa shape index (κ1) is 19.5. The molecule has 0 saturated carbocycles.